The van der Waals surface area contributed by atoms with E-state index in [2.05, 4.69) is 35.7 Å². The van der Waals surface area contributed by atoms with Crippen LogP contribution in [-0.2, 0) is 6.54 Å². The maximum atomic E-state index is 9.47. The molecule has 0 amide bonds. The summed E-state index contributed by atoms with van der Waals surface area (Å²) in [6.45, 7) is 6.77. The van der Waals surface area contributed by atoms with Crippen LogP contribution in [0.3, 0.4) is 0 Å². The third-order valence-corrected chi connectivity index (χ3v) is 5.83. The number of halogens is 1. The molecule has 0 aliphatic carbocycles. The molecule has 2 aromatic heterocycles. The summed E-state index contributed by atoms with van der Waals surface area (Å²) >= 11 is 5.92. The van der Waals surface area contributed by atoms with Crippen molar-refractivity contribution in [2.24, 2.45) is 5.92 Å². The number of piperidine rings is 1. The number of rotatable bonds is 5. The average molecular weight is 403 g/mol. The van der Waals surface area contributed by atoms with E-state index < -0.39 is 0 Å². The molecule has 2 aliphatic rings. The van der Waals surface area contributed by atoms with Gasteiger partial charge in [0.05, 0.1) is 10.7 Å². The van der Waals surface area contributed by atoms with Crippen LogP contribution in [0.25, 0.3) is 0 Å². The van der Waals surface area contributed by atoms with Crippen LogP contribution in [0.1, 0.15) is 18.5 Å². The predicted molar refractivity (Wildman–Crippen MR) is 111 cm³/mol. The molecule has 150 valence electrons. The van der Waals surface area contributed by atoms with Gasteiger partial charge < -0.3 is 14.9 Å². The highest BCUT2D eigenvalue weighted by Gasteiger charge is 2.23. The van der Waals surface area contributed by atoms with E-state index in [9.17, 15) is 5.11 Å². The quantitative estimate of drug-likeness (QED) is 0.820. The van der Waals surface area contributed by atoms with Crippen molar-refractivity contribution in [3.63, 3.8) is 0 Å². The van der Waals surface area contributed by atoms with Crippen molar-refractivity contribution >= 4 is 23.2 Å². The number of nitrogens with zero attached hydrogens (tertiary/aromatic N) is 6. The van der Waals surface area contributed by atoms with E-state index in [-0.39, 0.29) is 6.61 Å². The summed E-state index contributed by atoms with van der Waals surface area (Å²) in [6.07, 6.45) is 5.56. The Bertz CT molecular complexity index is 766. The number of piperazine rings is 1. The number of pyridine rings is 1. The Kier molecular flexibility index (Phi) is 6.24. The first-order valence-electron chi connectivity index (χ1n) is 9.97. The minimum Gasteiger partial charge on any atom is -0.396 e. The highest BCUT2D eigenvalue weighted by Crippen LogP contribution is 2.24. The number of aromatic nitrogens is 3. The van der Waals surface area contributed by atoms with Crippen LogP contribution in [0.2, 0.25) is 5.02 Å². The van der Waals surface area contributed by atoms with Crippen molar-refractivity contribution in [2.75, 3.05) is 55.7 Å². The van der Waals surface area contributed by atoms with Crippen LogP contribution < -0.4 is 9.80 Å². The van der Waals surface area contributed by atoms with Crippen molar-refractivity contribution in [3.8, 4) is 0 Å². The van der Waals surface area contributed by atoms with Gasteiger partial charge in [0.15, 0.2) is 0 Å². The molecular formula is C20H27ClN6O. The Morgan fingerprint density at radius 1 is 1.00 bits per heavy atom. The SMILES string of the molecule is OCC1CCCN(c2cc(N3CCN(Cc4ccc(Cl)cn4)CC3)ncn2)C1. The Labute approximate surface area is 171 Å². The number of aliphatic hydroxyl groups is 1. The van der Waals surface area contributed by atoms with E-state index in [0.717, 1.165) is 76.0 Å². The number of hydrogen-bond acceptors (Lipinski definition) is 7. The zero-order chi connectivity index (χ0) is 19.3. The zero-order valence-corrected chi connectivity index (χ0v) is 16.8. The smallest absolute Gasteiger partial charge is 0.134 e. The molecule has 4 heterocycles. The number of aliphatic hydroxyl groups excluding tert-OH is 1. The van der Waals surface area contributed by atoms with Crippen molar-refractivity contribution in [2.45, 2.75) is 19.4 Å². The zero-order valence-electron chi connectivity index (χ0n) is 16.0. The van der Waals surface area contributed by atoms with Crippen molar-refractivity contribution < 1.29 is 5.11 Å². The van der Waals surface area contributed by atoms with Crippen LogP contribution in [0.4, 0.5) is 11.6 Å². The average Bonchev–Trinajstić information content (AvgIpc) is 2.76. The molecule has 2 aliphatic heterocycles. The van der Waals surface area contributed by atoms with Gasteiger partial charge >= 0.3 is 0 Å². The molecule has 1 unspecified atom stereocenters. The molecule has 1 atom stereocenters. The van der Waals surface area contributed by atoms with Crippen LogP contribution in [0.15, 0.2) is 30.7 Å². The second-order valence-corrected chi connectivity index (χ2v) is 8.04. The van der Waals surface area contributed by atoms with E-state index in [1.54, 1.807) is 12.5 Å². The summed E-state index contributed by atoms with van der Waals surface area (Å²) in [4.78, 5) is 20.4. The third kappa shape index (κ3) is 4.71. The van der Waals surface area contributed by atoms with Gasteiger partial charge in [0.25, 0.3) is 0 Å². The van der Waals surface area contributed by atoms with E-state index in [1.807, 2.05) is 12.1 Å². The van der Waals surface area contributed by atoms with Crippen molar-refractivity contribution in [3.05, 3.63) is 41.4 Å². The van der Waals surface area contributed by atoms with Gasteiger partial charge in [0.1, 0.15) is 18.0 Å². The summed E-state index contributed by atoms with van der Waals surface area (Å²) in [5.41, 5.74) is 1.05. The molecule has 8 heteroatoms. The molecule has 0 bridgehead atoms. The lowest BCUT2D eigenvalue weighted by atomic mass is 9.99. The fourth-order valence-corrected chi connectivity index (χ4v) is 4.08. The predicted octanol–water partition coefficient (Wildman–Crippen LogP) is 2.06. The van der Waals surface area contributed by atoms with E-state index >= 15 is 0 Å². The lowest BCUT2D eigenvalue weighted by Gasteiger charge is -2.36. The summed E-state index contributed by atoms with van der Waals surface area (Å²) in [5, 5.41) is 10.1. The van der Waals surface area contributed by atoms with Gasteiger partial charge in [-0.2, -0.15) is 0 Å². The minimum absolute atomic E-state index is 0.249. The Hall–Kier alpha value is -1.96. The molecule has 4 rings (SSSR count). The molecular weight excluding hydrogens is 376 g/mol. The first-order chi connectivity index (χ1) is 13.7. The van der Waals surface area contributed by atoms with Gasteiger partial charge in [-0.3, -0.25) is 9.88 Å². The molecule has 2 saturated heterocycles. The summed E-state index contributed by atoms with van der Waals surface area (Å²) in [5.74, 6) is 2.30. The monoisotopic (exact) mass is 402 g/mol. The molecule has 7 nitrogen and oxygen atoms in total. The topological polar surface area (TPSA) is 68.6 Å². The van der Waals surface area contributed by atoms with Crippen LogP contribution >= 0.6 is 11.6 Å². The van der Waals surface area contributed by atoms with Gasteiger partial charge in [-0.15, -0.1) is 0 Å². The Morgan fingerprint density at radius 2 is 1.79 bits per heavy atom. The van der Waals surface area contributed by atoms with Gasteiger partial charge in [0.2, 0.25) is 0 Å². The molecule has 2 aromatic rings. The molecule has 0 radical (unpaired) electrons. The normalized spacial score (nSPS) is 21.1. The molecule has 28 heavy (non-hydrogen) atoms. The summed E-state index contributed by atoms with van der Waals surface area (Å²) < 4.78 is 0. The standard InChI is InChI=1S/C20H27ClN6O/c21-17-3-4-18(22-11-17)13-25-6-8-26(9-7-25)19-10-20(24-15-23-19)27-5-1-2-16(12-27)14-28/h3-4,10-11,15-16,28H,1-2,5-9,12-14H2. The summed E-state index contributed by atoms with van der Waals surface area (Å²) in [7, 11) is 0. The third-order valence-electron chi connectivity index (χ3n) is 5.61. The maximum absolute atomic E-state index is 9.47. The van der Waals surface area contributed by atoms with E-state index in [4.69, 9.17) is 11.6 Å². The molecule has 0 saturated carbocycles. The summed E-state index contributed by atoms with van der Waals surface area (Å²) in [6, 6.07) is 5.98. The fraction of sp³-hybridized carbons (Fsp3) is 0.550. The second-order valence-electron chi connectivity index (χ2n) is 7.60. The Morgan fingerprint density at radius 3 is 2.50 bits per heavy atom. The van der Waals surface area contributed by atoms with Crippen molar-refractivity contribution in [1.82, 2.24) is 19.9 Å². The highest BCUT2D eigenvalue weighted by molar-refractivity contribution is 6.30. The Balaban J connectivity index is 1.35. The van der Waals surface area contributed by atoms with Gasteiger partial charge in [-0.05, 0) is 30.9 Å². The first kappa shape index (κ1) is 19.4. The van der Waals surface area contributed by atoms with E-state index in [0.29, 0.717) is 10.9 Å². The fourth-order valence-electron chi connectivity index (χ4n) is 3.97. The van der Waals surface area contributed by atoms with Crippen LogP contribution in [-0.4, -0.2) is 70.8 Å². The largest absolute Gasteiger partial charge is 0.396 e. The maximum Gasteiger partial charge on any atom is 0.134 e. The molecule has 2 fully saturated rings. The number of anilines is 2. The van der Waals surface area contributed by atoms with Crippen LogP contribution in [0.5, 0.6) is 0 Å². The molecule has 0 aromatic carbocycles. The lowest BCUT2D eigenvalue weighted by Crippen LogP contribution is -2.46. The molecule has 0 spiro atoms. The van der Waals surface area contributed by atoms with Crippen LogP contribution in [0, 0.1) is 5.92 Å². The minimum atomic E-state index is 0.249. The van der Waals surface area contributed by atoms with Crippen molar-refractivity contribution in [1.29, 1.82) is 0 Å². The highest BCUT2D eigenvalue weighted by atomic mass is 35.5. The number of hydrogen-bond donors (Lipinski definition) is 1. The second kappa shape index (κ2) is 9.03. The van der Waals surface area contributed by atoms with Gasteiger partial charge in [-0.1, -0.05) is 11.6 Å². The van der Waals surface area contributed by atoms with E-state index in [1.165, 1.54) is 0 Å². The lowest BCUT2D eigenvalue weighted by molar-refractivity contribution is 0.208. The van der Waals surface area contributed by atoms with Gasteiger partial charge in [0, 0.05) is 64.7 Å². The molecule has 1 N–H and O–H groups in total. The first-order valence-corrected chi connectivity index (χ1v) is 10.3. The van der Waals surface area contributed by atoms with Gasteiger partial charge in [-0.25, -0.2) is 9.97 Å².